The van der Waals surface area contributed by atoms with Gasteiger partial charge in [-0.25, -0.2) is 4.79 Å². The summed E-state index contributed by atoms with van der Waals surface area (Å²) in [6.07, 6.45) is 0.136. The lowest BCUT2D eigenvalue weighted by atomic mass is 10.0. The molecule has 0 bridgehead atoms. The van der Waals surface area contributed by atoms with Crippen LogP contribution in [0.3, 0.4) is 0 Å². The van der Waals surface area contributed by atoms with Gasteiger partial charge in [0.05, 0.1) is 13.2 Å². The van der Waals surface area contributed by atoms with Crippen LogP contribution in [-0.4, -0.2) is 43.3 Å². The Bertz CT molecular complexity index is 997. The largest absolute Gasteiger partial charge is 0.493 e. The first kappa shape index (κ1) is 23.0. The predicted octanol–water partition coefficient (Wildman–Crippen LogP) is 4.41. The molecule has 1 unspecified atom stereocenters. The van der Waals surface area contributed by atoms with Crippen molar-refractivity contribution in [1.82, 2.24) is 0 Å². The molecule has 0 aliphatic carbocycles. The minimum Gasteiger partial charge on any atom is -0.493 e. The van der Waals surface area contributed by atoms with Crippen LogP contribution in [0.5, 0.6) is 11.5 Å². The maximum Gasteiger partial charge on any atom is 0.333 e. The minimum absolute atomic E-state index is 0.0164. The van der Waals surface area contributed by atoms with Gasteiger partial charge in [0.1, 0.15) is 11.5 Å². The number of methoxy groups -OCH3 is 1. The van der Waals surface area contributed by atoms with Crippen molar-refractivity contribution in [3.63, 3.8) is 0 Å². The summed E-state index contributed by atoms with van der Waals surface area (Å²) in [5, 5.41) is 9.05. The number of aliphatic carboxylic acids is 1. The molecule has 3 aromatic carbocycles. The van der Waals surface area contributed by atoms with Gasteiger partial charge in [0.15, 0.2) is 11.9 Å². The Kier molecular flexibility index (Phi) is 8.40. The van der Waals surface area contributed by atoms with Crippen molar-refractivity contribution < 1.29 is 28.9 Å². The lowest BCUT2D eigenvalue weighted by Gasteiger charge is -2.11. The van der Waals surface area contributed by atoms with Gasteiger partial charge in [-0.1, -0.05) is 42.5 Å². The number of benzene rings is 3. The Labute approximate surface area is 187 Å². The summed E-state index contributed by atoms with van der Waals surface area (Å²) in [4.78, 5) is 23.5. The average Bonchev–Trinajstić information content (AvgIpc) is 2.83. The highest BCUT2D eigenvalue weighted by Crippen LogP contribution is 2.17. The molecule has 0 fully saturated rings. The van der Waals surface area contributed by atoms with E-state index in [-0.39, 0.29) is 5.78 Å². The normalized spacial score (nSPS) is 11.5. The van der Waals surface area contributed by atoms with E-state index in [2.05, 4.69) is 0 Å². The molecule has 32 heavy (non-hydrogen) atoms. The number of ether oxygens (including phenoxy) is 3. The standard InChI is InChI=1S/C26H26O6/c1-30-24(26(28)29)18-19-8-12-22(13-9-19)31-16-5-17-32-23-14-10-21(11-15-23)25(27)20-6-3-2-4-7-20/h2-4,6-15,24H,5,16-18H2,1H3,(H,28,29). The summed E-state index contributed by atoms with van der Waals surface area (Å²) in [6, 6.07) is 23.6. The van der Waals surface area contributed by atoms with Crippen LogP contribution in [0.15, 0.2) is 78.9 Å². The van der Waals surface area contributed by atoms with E-state index in [0.29, 0.717) is 48.7 Å². The monoisotopic (exact) mass is 434 g/mol. The van der Waals surface area contributed by atoms with Crippen LogP contribution in [0.25, 0.3) is 0 Å². The number of carboxylic acid groups (broad SMARTS) is 1. The molecule has 0 heterocycles. The smallest absolute Gasteiger partial charge is 0.333 e. The fraction of sp³-hybridized carbons (Fsp3) is 0.231. The van der Waals surface area contributed by atoms with Gasteiger partial charge < -0.3 is 19.3 Å². The van der Waals surface area contributed by atoms with Gasteiger partial charge >= 0.3 is 5.97 Å². The second-order valence-corrected chi connectivity index (χ2v) is 7.18. The van der Waals surface area contributed by atoms with E-state index in [0.717, 1.165) is 5.56 Å². The highest BCUT2D eigenvalue weighted by atomic mass is 16.5. The molecule has 1 atom stereocenters. The van der Waals surface area contributed by atoms with Crippen molar-refractivity contribution in [2.24, 2.45) is 0 Å². The van der Waals surface area contributed by atoms with E-state index in [4.69, 9.17) is 19.3 Å². The number of rotatable bonds is 12. The second kappa shape index (κ2) is 11.7. The van der Waals surface area contributed by atoms with Crippen molar-refractivity contribution in [3.8, 4) is 11.5 Å². The van der Waals surface area contributed by atoms with Crippen molar-refractivity contribution in [1.29, 1.82) is 0 Å². The first-order valence-corrected chi connectivity index (χ1v) is 10.4. The van der Waals surface area contributed by atoms with Crippen LogP contribution < -0.4 is 9.47 Å². The lowest BCUT2D eigenvalue weighted by molar-refractivity contribution is -0.148. The Balaban J connectivity index is 1.38. The quantitative estimate of drug-likeness (QED) is 0.336. The summed E-state index contributed by atoms with van der Waals surface area (Å²) in [7, 11) is 1.39. The van der Waals surface area contributed by atoms with E-state index < -0.39 is 12.1 Å². The van der Waals surface area contributed by atoms with Crippen LogP contribution in [0, 0.1) is 0 Å². The van der Waals surface area contributed by atoms with Crippen LogP contribution in [0.1, 0.15) is 27.9 Å². The topological polar surface area (TPSA) is 82.1 Å². The number of hydrogen-bond acceptors (Lipinski definition) is 5. The van der Waals surface area contributed by atoms with E-state index in [1.54, 1.807) is 36.4 Å². The highest BCUT2D eigenvalue weighted by molar-refractivity contribution is 6.08. The Morgan fingerprint density at radius 1 is 0.781 bits per heavy atom. The molecule has 6 nitrogen and oxygen atoms in total. The van der Waals surface area contributed by atoms with Gasteiger partial charge in [-0.15, -0.1) is 0 Å². The third kappa shape index (κ3) is 6.68. The number of hydrogen-bond donors (Lipinski definition) is 1. The number of carboxylic acids is 1. The molecule has 166 valence electrons. The molecule has 0 spiro atoms. The number of carbonyl (C=O) groups is 2. The van der Waals surface area contributed by atoms with Gasteiger partial charge in [-0.05, 0) is 42.0 Å². The molecule has 0 saturated heterocycles. The van der Waals surface area contributed by atoms with E-state index in [1.807, 2.05) is 42.5 Å². The molecule has 3 aromatic rings. The second-order valence-electron chi connectivity index (χ2n) is 7.18. The molecule has 0 aliphatic heterocycles. The lowest BCUT2D eigenvalue weighted by Crippen LogP contribution is -2.24. The Hall–Kier alpha value is -3.64. The molecular formula is C26H26O6. The fourth-order valence-electron chi connectivity index (χ4n) is 3.10. The summed E-state index contributed by atoms with van der Waals surface area (Å²) in [5.41, 5.74) is 2.14. The van der Waals surface area contributed by atoms with Crippen LogP contribution in [-0.2, 0) is 16.0 Å². The van der Waals surface area contributed by atoms with E-state index >= 15 is 0 Å². The van der Waals surface area contributed by atoms with Crippen molar-refractivity contribution in [2.75, 3.05) is 20.3 Å². The SMILES string of the molecule is COC(Cc1ccc(OCCCOc2ccc(C(=O)c3ccccc3)cc2)cc1)C(=O)O. The molecule has 0 aromatic heterocycles. The predicted molar refractivity (Wildman–Crippen MR) is 121 cm³/mol. The van der Waals surface area contributed by atoms with E-state index in [1.165, 1.54) is 7.11 Å². The van der Waals surface area contributed by atoms with Gasteiger partial charge in [0.2, 0.25) is 0 Å². The fourth-order valence-corrected chi connectivity index (χ4v) is 3.10. The van der Waals surface area contributed by atoms with Crippen LogP contribution in [0.2, 0.25) is 0 Å². The third-order valence-corrected chi connectivity index (χ3v) is 4.88. The van der Waals surface area contributed by atoms with E-state index in [9.17, 15) is 9.59 Å². The zero-order chi connectivity index (χ0) is 22.8. The maximum atomic E-state index is 12.4. The average molecular weight is 434 g/mol. The molecule has 1 N–H and O–H groups in total. The molecule has 0 amide bonds. The Morgan fingerprint density at radius 2 is 1.31 bits per heavy atom. The van der Waals surface area contributed by atoms with Crippen molar-refractivity contribution >= 4 is 11.8 Å². The molecule has 0 aliphatic rings. The highest BCUT2D eigenvalue weighted by Gasteiger charge is 2.16. The molecular weight excluding hydrogens is 408 g/mol. The maximum absolute atomic E-state index is 12.4. The summed E-state index contributed by atoms with van der Waals surface area (Å²) < 4.78 is 16.4. The number of carbonyl (C=O) groups excluding carboxylic acids is 1. The van der Waals surface area contributed by atoms with Crippen molar-refractivity contribution in [2.45, 2.75) is 18.9 Å². The van der Waals surface area contributed by atoms with Crippen molar-refractivity contribution in [3.05, 3.63) is 95.6 Å². The first-order chi connectivity index (χ1) is 15.6. The zero-order valence-corrected chi connectivity index (χ0v) is 17.9. The summed E-state index contributed by atoms with van der Waals surface area (Å²) >= 11 is 0. The molecule has 0 radical (unpaired) electrons. The van der Waals surface area contributed by atoms with Gasteiger partial charge in [0, 0.05) is 31.1 Å². The first-order valence-electron chi connectivity index (χ1n) is 10.4. The zero-order valence-electron chi connectivity index (χ0n) is 17.9. The number of ketones is 1. The van der Waals surface area contributed by atoms with Gasteiger partial charge in [-0.2, -0.15) is 0 Å². The molecule has 6 heteroatoms. The molecule has 3 rings (SSSR count). The van der Waals surface area contributed by atoms with Gasteiger partial charge in [-0.3, -0.25) is 4.79 Å². The Morgan fingerprint density at radius 3 is 1.84 bits per heavy atom. The van der Waals surface area contributed by atoms with Gasteiger partial charge in [0.25, 0.3) is 0 Å². The summed E-state index contributed by atoms with van der Waals surface area (Å²) in [6.45, 7) is 0.970. The molecule has 0 saturated carbocycles. The van der Waals surface area contributed by atoms with Crippen LogP contribution in [0.4, 0.5) is 0 Å². The van der Waals surface area contributed by atoms with Crippen LogP contribution >= 0.6 is 0 Å². The third-order valence-electron chi connectivity index (χ3n) is 4.88. The minimum atomic E-state index is -0.981. The summed E-state index contributed by atoms with van der Waals surface area (Å²) in [5.74, 6) is 0.412.